The van der Waals surface area contributed by atoms with E-state index in [1.165, 1.54) is 11.8 Å². The van der Waals surface area contributed by atoms with Crippen molar-refractivity contribution in [3.63, 3.8) is 0 Å². The number of carbonyl (C=O) groups is 1. The molecule has 1 saturated heterocycles. The number of furan rings is 1. The Kier molecular flexibility index (Phi) is 5.39. The van der Waals surface area contributed by atoms with Crippen LogP contribution >= 0.6 is 11.8 Å². The van der Waals surface area contributed by atoms with Crippen LogP contribution in [0.25, 0.3) is 0 Å². The molecule has 1 aromatic carbocycles. The maximum Gasteiger partial charge on any atom is 0.239 e. The molecule has 1 aliphatic heterocycles. The molecule has 1 amide bonds. The average Bonchev–Trinajstić information content (AvgIpc) is 3.27. The molecule has 7 nitrogen and oxygen atoms in total. The fraction of sp³-hybridized carbons (Fsp3) is 0.235. The summed E-state index contributed by atoms with van der Waals surface area (Å²) in [6.45, 7) is 0.343. The summed E-state index contributed by atoms with van der Waals surface area (Å²) in [5.74, 6) is 2.38. The number of amides is 1. The Morgan fingerprint density at radius 3 is 2.92 bits per heavy atom. The summed E-state index contributed by atoms with van der Waals surface area (Å²) in [5, 5.41) is 8.82. The zero-order valence-corrected chi connectivity index (χ0v) is 14.7. The van der Waals surface area contributed by atoms with Gasteiger partial charge in [0.25, 0.3) is 0 Å². The van der Waals surface area contributed by atoms with E-state index in [4.69, 9.17) is 13.9 Å². The number of carbonyl (C=O) groups excluding carboxylic acids is 1. The van der Waals surface area contributed by atoms with Crippen LogP contribution < -0.4 is 9.47 Å². The lowest BCUT2D eigenvalue weighted by Crippen LogP contribution is -2.28. The van der Waals surface area contributed by atoms with Gasteiger partial charge in [-0.2, -0.15) is 5.10 Å². The predicted octanol–water partition coefficient (Wildman–Crippen LogP) is 2.76. The highest BCUT2D eigenvalue weighted by molar-refractivity contribution is 8.15. The van der Waals surface area contributed by atoms with Gasteiger partial charge >= 0.3 is 0 Å². The average molecular weight is 359 g/mol. The molecule has 0 radical (unpaired) electrons. The molecule has 2 aromatic rings. The minimum atomic E-state index is -0.0192. The molecule has 1 fully saturated rings. The number of amidine groups is 1. The Balaban J connectivity index is 1.78. The summed E-state index contributed by atoms with van der Waals surface area (Å²) in [4.78, 5) is 13.6. The Labute approximate surface area is 149 Å². The second-order valence-corrected chi connectivity index (χ2v) is 6.03. The number of thioether (sulfide) groups is 1. The first-order valence-electron chi connectivity index (χ1n) is 7.50. The number of hydrogen-bond donors (Lipinski definition) is 0. The number of nitrogens with zero attached hydrogens (tertiary/aromatic N) is 3. The summed E-state index contributed by atoms with van der Waals surface area (Å²) in [7, 11) is 3.18. The van der Waals surface area contributed by atoms with Crippen LogP contribution in [0.4, 0.5) is 0 Å². The molecule has 130 valence electrons. The Hall–Kier alpha value is -2.74. The summed E-state index contributed by atoms with van der Waals surface area (Å²) < 4.78 is 15.8. The molecular formula is C17H17N3O4S. The van der Waals surface area contributed by atoms with Crippen molar-refractivity contribution >= 4 is 29.1 Å². The van der Waals surface area contributed by atoms with Crippen molar-refractivity contribution in [2.75, 3.05) is 20.0 Å². The second kappa shape index (κ2) is 7.89. The molecular weight excluding hydrogens is 342 g/mol. The third kappa shape index (κ3) is 4.03. The minimum absolute atomic E-state index is 0.0192. The molecule has 1 aromatic heterocycles. The Morgan fingerprint density at radius 2 is 2.20 bits per heavy atom. The summed E-state index contributed by atoms with van der Waals surface area (Å²) in [6.07, 6.45) is 3.15. The smallest absolute Gasteiger partial charge is 0.239 e. The van der Waals surface area contributed by atoms with Gasteiger partial charge in [-0.3, -0.25) is 9.69 Å². The molecule has 0 unspecified atom stereocenters. The maximum atomic E-state index is 12.0. The lowest BCUT2D eigenvalue weighted by atomic mass is 10.2. The van der Waals surface area contributed by atoms with Gasteiger partial charge in [0.1, 0.15) is 17.3 Å². The molecule has 1 aliphatic rings. The van der Waals surface area contributed by atoms with E-state index in [1.54, 1.807) is 55.9 Å². The van der Waals surface area contributed by atoms with Crippen LogP contribution in [0.5, 0.6) is 11.5 Å². The third-order valence-electron chi connectivity index (χ3n) is 3.53. The van der Waals surface area contributed by atoms with Gasteiger partial charge in [-0.1, -0.05) is 11.8 Å². The Bertz CT molecular complexity index is 802. The van der Waals surface area contributed by atoms with Crippen LogP contribution in [0.15, 0.2) is 51.2 Å². The molecule has 0 N–H and O–H groups in total. The van der Waals surface area contributed by atoms with Gasteiger partial charge in [0.05, 0.1) is 39.0 Å². The molecule has 0 bridgehead atoms. The van der Waals surface area contributed by atoms with Crippen molar-refractivity contribution in [3.05, 3.63) is 47.9 Å². The van der Waals surface area contributed by atoms with E-state index in [0.717, 1.165) is 5.56 Å². The van der Waals surface area contributed by atoms with Crippen LogP contribution in [0.3, 0.4) is 0 Å². The number of benzene rings is 1. The van der Waals surface area contributed by atoms with Crippen molar-refractivity contribution in [2.45, 2.75) is 6.54 Å². The molecule has 8 heteroatoms. The van der Waals surface area contributed by atoms with Crippen molar-refractivity contribution < 1.29 is 18.7 Å². The fourth-order valence-electron chi connectivity index (χ4n) is 2.27. The lowest BCUT2D eigenvalue weighted by Gasteiger charge is -2.12. The normalized spacial score (nSPS) is 16.2. The van der Waals surface area contributed by atoms with Crippen LogP contribution in [0, 0.1) is 0 Å². The quantitative estimate of drug-likeness (QED) is 0.585. The minimum Gasteiger partial charge on any atom is -0.497 e. The van der Waals surface area contributed by atoms with Crippen LogP contribution in [-0.2, 0) is 11.3 Å². The molecule has 0 atom stereocenters. The number of rotatable bonds is 6. The van der Waals surface area contributed by atoms with Gasteiger partial charge in [-0.05, 0) is 30.3 Å². The van der Waals surface area contributed by atoms with Gasteiger partial charge in [0, 0.05) is 5.56 Å². The number of methoxy groups -OCH3 is 2. The largest absolute Gasteiger partial charge is 0.497 e. The Morgan fingerprint density at radius 1 is 1.32 bits per heavy atom. The molecule has 0 spiro atoms. The van der Waals surface area contributed by atoms with E-state index in [9.17, 15) is 4.79 Å². The fourth-order valence-corrected chi connectivity index (χ4v) is 3.10. The second-order valence-electron chi connectivity index (χ2n) is 5.08. The van der Waals surface area contributed by atoms with Crippen molar-refractivity contribution in [3.8, 4) is 11.5 Å². The maximum absolute atomic E-state index is 12.0. The van der Waals surface area contributed by atoms with E-state index in [0.29, 0.717) is 34.7 Å². The van der Waals surface area contributed by atoms with E-state index in [2.05, 4.69) is 10.2 Å². The van der Waals surface area contributed by atoms with Gasteiger partial charge in [-0.25, -0.2) is 0 Å². The van der Waals surface area contributed by atoms with E-state index in [-0.39, 0.29) is 5.91 Å². The van der Waals surface area contributed by atoms with Crippen LogP contribution in [-0.4, -0.2) is 42.2 Å². The van der Waals surface area contributed by atoms with Crippen LogP contribution in [0.1, 0.15) is 11.3 Å². The van der Waals surface area contributed by atoms with Crippen molar-refractivity contribution in [1.29, 1.82) is 0 Å². The van der Waals surface area contributed by atoms with Crippen LogP contribution in [0.2, 0.25) is 0 Å². The molecule has 0 saturated carbocycles. The van der Waals surface area contributed by atoms with E-state index in [1.807, 2.05) is 6.07 Å². The van der Waals surface area contributed by atoms with E-state index < -0.39 is 0 Å². The summed E-state index contributed by atoms with van der Waals surface area (Å²) in [6, 6.07) is 9.00. The summed E-state index contributed by atoms with van der Waals surface area (Å²) >= 11 is 1.35. The predicted molar refractivity (Wildman–Crippen MR) is 96.3 cm³/mol. The highest BCUT2D eigenvalue weighted by atomic mass is 32.2. The number of ether oxygens (including phenoxy) is 2. The lowest BCUT2D eigenvalue weighted by molar-refractivity contribution is -0.124. The highest BCUT2D eigenvalue weighted by Gasteiger charge is 2.29. The van der Waals surface area contributed by atoms with Crippen molar-refractivity contribution in [1.82, 2.24) is 4.90 Å². The zero-order valence-electron chi connectivity index (χ0n) is 13.8. The summed E-state index contributed by atoms with van der Waals surface area (Å²) in [5.41, 5.74) is 0.734. The van der Waals surface area contributed by atoms with Gasteiger partial charge in [0.2, 0.25) is 5.91 Å². The molecule has 3 rings (SSSR count). The molecule has 25 heavy (non-hydrogen) atoms. The zero-order chi connectivity index (χ0) is 17.6. The SMILES string of the molecule is COc1ccc(OC)c(/C=N\N=C2\SCC(=O)N2Cc2ccco2)c1. The van der Waals surface area contributed by atoms with Gasteiger partial charge in [-0.15, -0.1) is 5.10 Å². The third-order valence-corrected chi connectivity index (χ3v) is 4.48. The first kappa shape index (κ1) is 17.1. The van der Waals surface area contributed by atoms with Gasteiger partial charge in [0.15, 0.2) is 5.17 Å². The highest BCUT2D eigenvalue weighted by Crippen LogP contribution is 2.24. The first-order chi connectivity index (χ1) is 12.2. The standard InChI is InChI=1S/C17H17N3O4S/c1-22-13-5-6-15(23-2)12(8-13)9-18-19-17-20(16(21)11-25-17)10-14-4-3-7-24-14/h3-9H,10-11H2,1-2H3/b18-9-,19-17+. The van der Waals surface area contributed by atoms with E-state index >= 15 is 0 Å². The monoisotopic (exact) mass is 359 g/mol. The van der Waals surface area contributed by atoms with Gasteiger partial charge < -0.3 is 13.9 Å². The van der Waals surface area contributed by atoms with Crippen molar-refractivity contribution in [2.24, 2.45) is 10.2 Å². The number of hydrogen-bond acceptors (Lipinski definition) is 7. The first-order valence-corrected chi connectivity index (χ1v) is 8.48. The molecule has 0 aliphatic carbocycles. The molecule has 2 heterocycles. The topological polar surface area (TPSA) is 76.6 Å².